The summed E-state index contributed by atoms with van der Waals surface area (Å²) in [7, 11) is 0. The van der Waals surface area contributed by atoms with Crippen molar-refractivity contribution < 1.29 is 0 Å². The number of rotatable bonds is 0. The van der Waals surface area contributed by atoms with Gasteiger partial charge in [0.1, 0.15) is 0 Å². The minimum Gasteiger partial charge on any atom is -0.145 e. The number of fused-ring (bicyclic) bond motifs is 1. The van der Waals surface area contributed by atoms with Gasteiger partial charge in [0.2, 0.25) is 0 Å². The van der Waals surface area contributed by atoms with Crippen LogP contribution in [0.15, 0.2) is 6.07 Å². The average Bonchev–Trinajstić information content (AvgIpc) is 2.23. The van der Waals surface area contributed by atoms with Crippen LogP contribution in [-0.4, -0.2) is 0 Å². The van der Waals surface area contributed by atoms with Crippen molar-refractivity contribution in [2.24, 2.45) is 5.92 Å². The van der Waals surface area contributed by atoms with Gasteiger partial charge in [-0.05, 0) is 43.7 Å². The van der Waals surface area contributed by atoms with Crippen molar-refractivity contribution >= 4 is 11.3 Å². The smallest absolute Gasteiger partial charge is 0.00801 e. The normalized spacial score (nSPS) is 23.3. The molecule has 1 aliphatic carbocycles. The van der Waals surface area contributed by atoms with E-state index < -0.39 is 0 Å². The van der Waals surface area contributed by atoms with Crippen LogP contribution in [0.4, 0.5) is 0 Å². The monoisotopic (exact) mass is 180 g/mol. The second-order valence-electron chi connectivity index (χ2n) is 4.01. The van der Waals surface area contributed by atoms with E-state index in [-0.39, 0.29) is 0 Å². The Kier molecular flexibility index (Phi) is 2.22. The lowest BCUT2D eigenvalue weighted by Crippen LogP contribution is -1.95. The Morgan fingerprint density at radius 1 is 1.50 bits per heavy atom. The average molecular weight is 180 g/mol. The van der Waals surface area contributed by atoms with Gasteiger partial charge < -0.3 is 0 Å². The first-order valence-corrected chi connectivity index (χ1v) is 5.65. The Labute approximate surface area is 78.6 Å². The fraction of sp³-hybridized carbons (Fsp3) is 0.636. The van der Waals surface area contributed by atoms with E-state index >= 15 is 0 Å². The van der Waals surface area contributed by atoms with Crippen molar-refractivity contribution in [1.82, 2.24) is 0 Å². The van der Waals surface area contributed by atoms with Crippen molar-refractivity contribution in [3.05, 3.63) is 21.4 Å². The molecule has 0 amide bonds. The molecule has 1 atom stereocenters. The highest BCUT2D eigenvalue weighted by Crippen LogP contribution is 2.30. The summed E-state index contributed by atoms with van der Waals surface area (Å²) in [6.07, 6.45) is 5.46. The van der Waals surface area contributed by atoms with E-state index in [1.165, 1.54) is 30.6 Å². The summed E-state index contributed by atoms with van der Waals surface area (Å²) in [5, 5.41) is 0. The van der Waals surface area contributed by atoms with Crippen molar-refractivity contribution in [2.45, 2.75) is 39.5 Å². The van der Waals surface area contributed by atoms with Gasteiger partial charge in [0.25, 0.3) is 0 Å². The van der Waals surface area contributed by atoms with E-state index in [0.29, 0.717) is 0 Å². The Bertz CT molecular complexity index is 273. The van der Waals surface area contributed by atoms with Gasteiger partial charge in [-0.15, -0.1) is 11.3 Å². The standard InChI is InChI=1S/C11H16S/c1-8-4-3-5-11-10(6-8)7-9(2)12-11/h7-8H,3-6H2,1-2H3. The predicted molar refractivity (Wildman–Crippen MR) is 54.9 cm³/mol. The minimum atomic E-state index is 0.903. The van der Waals surface area contributed by atoms with Gasteiger partial charge in [0.15, 0.2) is 0 Å². The molecule has 1 aromatic rings. The molecule has 0 N–H and O–H groups in total. The minimum absolute atomic E-state index is 0.903. The SMILES string of the molecule is Cc1cc2c(s1)CCCC(C)C2. The summed E-state index contributed by atoms with van der Waals surface area (Å²) < 4.78 is 0. The molecule has 0 spiro atoms. The molecule has 66 valence electrons. The Hall–Kier alpha value is -0.300. The van der Waals surface area contributed by atoms with Gasteiger partial charge in [-0.25, -0.2) is 0 Å². The van der Waals surface area contributed by atoms with Crippen LogP contribution in [0.25, 0.3) is 0 Å². The highest BCUT2D eigenvalue weighted by molar-refractivity contribution is 7.12. The van der Waals surface area contributed by atoms with Gasteiger partial charge >= 0.3 is 0 Å². The summed E-state index contributed by atoms with van der Waals surface area (Å²) in [4.78, 5) is 3.16. The van der Waals surface area contributed by atoms with Crippen molar-refractivity contribution in [3.63, 3.8) is 0 Å². The number of aryl methyl sites for hydroxylation is 2. The Balaban J connectivity index is 2.30. The fourth-order valence-electron chi connectivity index (χ4n) is 2.09. The molecular formula is C11H16S. The van der Waals surface area contributed by atoms with Crippen LogP contribution in [0, 0.1) is 12.8 Å². The molecule has 0 radical (unpaired) electrons. The van der Waals surface area contributed by atoms with Crippen LogP contribution < -0.4 is 0 Å². The molecule has 12 heavy (non-hydrogen) atoms. The lowest BCUT2D eigenvalue weighted by Gasteiger charge is -2.04. The van der Waals surface area contributed by atoms with E-state index in [4.69, 9.17) is 0 Å². The molecule has 0 saturated carbocycles. The Morgan fingerprint density at radius 2 is 2.33 bits per heavy atom. The van der Waals surface area contributed by atoms with Crippen molar-refractivity contribution in [2.75, 3.05) is 0 Å². The molecule has 0 fully saturated rings. The van der Waals surface area contributed by atoms with E-state index in [9.17, 15) is 0 Å². The summed E-state index contributed by atoms with van der Waals surface area (Å²) in [6, 6.07) is 2.39. The lowest BCUT2D eigenvalue weighted by atomic mass is 10.0. The maximum atomic E-state index is 2.39. The van der Waals surface area contributed by atoms with E-state index in [1.54, 1.807) is 10.4 Å². The molecule has 0 bridgehead atoms. The highest BCUT2D eigenvalue weighted by Gasteiger charge is 2.14. The molecular weight excluding hydrogens is 164 g/mol. The number of hydrogen-bond acceptors (Lipinski definition) is 1. The number of hydrogen-bond donors (Lipinski definition) is 0. The van der Waals surface area contributed by atoms with Crippen molar-refractivity contribution in [1.29, 1.82) is 0 Å². The maximum absolute atomic E-state index is 2.39. The van der Waals surface area contributed by atoms with Gasteiger partial charge in [0, 0.05) is 9.75 Å². The highest BCUT2D eigenvalue weighted by atomic mass is 32.1. The third-order valence-electron chi connectivity index (χ3n) is 2.69. The summed E-state index contributed by atoms with van der Waals surface area (Å²) in [5.41, 5.74) is 1.64. The molecule has 0 aliphatic heterocycles. The molecule has 2 rings (SSSR count). The van der Waals surface area contributed by atoms with Crippen LogP contribution in [0.3, 0.4) is 0 Å². The maximum Gasteiger partial charge on any atom is 0.00801 e. The first kappa shape index (κ1) is 8.31. The summed E-state index contributed by atoms with van der Waals surface area (Å²) in [5.74, 6) is 0.903. The molecule has 1 aliphatic rings. The van der Waals surface area contributed by atoms with E-state index in [2.05, 4.69) is 19.9 Å². The van der Waals surface area contributed by atoms with Gasteiger partial charge in [-0.2, -0.15) is 0 Å². The second-order valence-corrected chi connectivity index (χ2v) is 5.35. The van der Waals surface area contributed by atoms with E-state index in [0.717, 1.165) is 5.92 Å². The number of thiophene rings is 1. The lowest BCUT2D eigenvalue weighted by molar-refractivity contribution is 0.526. The Morgan fingerprint density at radius 3 is 3.17 bits per heavy atom. The second kappa shape index (κ2) is 3.21. The first-order chi connectivity index (χ1) is 5.75. The van der Waals surface area contributed by atoms with Crippen LogP contribution >= 0.6 is 11.3 Å². The molecule has 0 saturated heterocycles. The van der Waals surface area contributed by atoms with Gasteiger partial charge in [0.05, 0.1) is 0 Å². The van der Waals surface area contributed by atoms with Crippen LogP contribution in [0.1, 0.15) is 35.1 Å². The first-order valence-electron chi connectivity index (χ1n) is 4.84. The topological polar surface area (TPSA) is 0 Å². The largest absolute Gasteiger partial charge is 0.145 e. The third-order valence-corrected chi connectivity index (χ3v) is 3.84. The predicted octanol–water partition coefficient (Wildman–Crippen LogP) is 3.57. The van der Waals surface area contributed by atoms with Gasteiger partial charge in [-0.3, -0.25) is 0 Å². The summed E-state index contributed by atoms with van der Waals surface area (Å²) >= 11 is 2.01. The van der Waals surface area contributed by atoms with E-state index in [1.807, 2.05) is 11.3 Å². The molecule has 1 heterocycles. The molecule has 1 heteroatoms. The zero-order valence-electron chi connectivity index (χ0n) is 7.89. The van der Waals surface area contributed by atoms with Gasteiger partial charge in [-0.1, -0.05) is 13.3 Å². The fourth-order valence-corrected chi connectivity index (χ4v) is 3.20. The van der Waals surface area contributed by atoms with Crippen LogP contribution in [0.5, 0.6) is 0 Å². The van der Waals surface area contributed by atoms with Crippen LogP contribution in [0.2, 0.25) is 0 Å². The zero-order valence-corrected chi connectivity index (χ0v) is 8.71. The van der Waals surface area contributed by atoms with Crippen LogP contribution in [-0.2, 0) is 12.8 Å². The zero-order chi connectivity index (χ0) is 8.55. The third kappa shape index (κ3) is 1.56. The quantitative estimate of drug-likeness (QED) is 0.535. The summed E-state index contributed by atoms with van der Waals surface area (Å²) in [6.45, 7) is 4.60. The molecule has 1 unspecified atom stereocenters. The molecule has 0 aromatic carbocycles. The molecule has 0 nitrogen and oxygen atoms in total. The molecule has 1 aromatic heterocycles. The van der Waals surface area contributed by atoms with Crippen molar-refractivity contribution in [3.8, 4) is 0 Å².